The maximum atomic E-state index is 11.3. The Morgan fingerprint density at radius 2 is 2.11 bits per heavy atom. The summed E-state index contributed by atoms with van der Waals surface area (Å²) in [6, 6.07) is 0.988. The summed E-state index contributed by atoms with van der Waals surface area (Å²) in [5, 5.41) is 0. The Morgan fingerprint density at radius 3 is 2.72 bits per heavy atom. The molecule has 0 spiro atoms. The summed E-state index contributed by atoms with van der Waals surface area (Å²) in [5.74, 6) is 0.423. The highest BCUT2D eigenvalue weighted by Gasteiger charge is 2.22. The SMILES string of the molecule is CC(C)n1cncc1CN(C)C1CCC(=O)CC1. The van der Waals surface area contributed by atoms with Crippen LogP contribution < -0.4 is 0 Å². The molecule has 1 aromatic heterocycles. The molecule has 1 saturated carbocycles. The fraction of sp³-hybridized carbons (Fsp3) is 0.714. The van der Waals surface area contributed by atoms with Gasteiger partial charge in [-0.1, -0.05) is 0 Å². The van der Waals surface area contributed by atoms with Crippen molar-refractivity contribution >= 4 is 5.78 Å². The number of nitrogens with zero attached hydrogens (tertiary/aromatic N) is 3. The van der Waals surface area contributed by atoms with Crippen molar-refractivity contribution in [2.24, 2.45) is 0 Å². The fourth-order valence-corrected chi connectivity index (χ4v) is 2.67. The summed E-state index contributed by atoms with van der Waals surface area (Å²) in [7, 11) is 2.15. The van der Waals surface area contributed by atoms with Gasteiger partial charge in [-0.05, 0) is 33.7 Å². The lowest BCUT2D eigenvalue weighted by atomic mass is 9.93. The Bertz CT molecular complexity index is 401. The van der Waals surface area contributed by atoms with E-state index in [1.807, 2.05) is 12.5 Å². The second-order valence-electron chi connectivity index (χ2n) is 5.57. The van der Waals surface area contributed by atoms with Gasteiger partial charge in [-0.25, -0.2) is 4.98 Å². The molecular weight excluding hydrogens is 226 g/mol. The molecule has 0 aromatic carbocycles. The highest BCUT2D eigenvalue weighted by Crippen LogP contribution is 2.21. The predicted molar refractivity (Wildman–Crippen MR) is 71.3 cm³/mol. The van der Waals surface area contributed by atoms with Gasteiger partial charge >= 0.3 is 0 Å². The maximum absolute atomic E-state index is 11.3. The van der Waals surface area contributed by atoms with Crippen LogP contribution in [0.3, 0.4) is 0 Å². The lowest BCUT2D eigenvalue weighted by Gasteiger charge is -2.31. The van der Waals surface area contributed by atoms with E-state index in [9.17, 15) is 4.79 Å². The zero-order chi connectivity index (χ0) is 13.1. The molecule has 2 rings (SSSR count). The standard InChI is InChI=1S/C14H23N3O/c1-11(2)17-10-15-8-13(17)9-16(3)12-4-6-14(18)7-5-12/h8,10-12H,4-7,9H2,1-3H3. The third-order valence-corrected chi connectivity index (χ3v) is 3.85. The second-order valence-corrected chi connectivity index (χ2v) is 5.57. The van der Waals surface area contributed by atoms with Crippen molar-refractivity contribution in [3.63, 3.8) is 0 Å². The molecular formula is C14H23N3O. The largest absolute Gasteiger partial charge is 0.331 e. The fourth-order valence-electron chi connectivity index (χ4n) is 2.67. The van der Waals surface area contributed by atoms with E-state index in [4.69, 9.17) is 0 Å². The van der Waals surface area contributed by atoms with E-state index in [-0.39, 0.29) is 0 Å². The Labute approximate surface area is 109 Å². The molecule has 0 saturated heterocycles. The minimum Gasteiger partial charge on any atom is -0.331 e. The molecule has 0 unspecified atom stereocenters. The topological polar surface area (TPSA) is 38.1 Å². The van der Waals surface area contributed by atoms with E-state index in [0.717, 1.165) is 32.2 Å². The van der Waals surface area contributed by atoms with Gasteiger partial charge in [0, 0.05) is 37.7 Å². The number of imidazole rings is 1. The molecule has 100 valence electrons. The van der Waals surface area contributed by atoms with E-state index in [2.05, 4.69) is 35.3 Å². The molecule has 1 aromatic rings. The third kappa shape index (κ3) is 2.99. The van der Waals surface area contributed by atoms with Gasteiger partial charge in [-0.3, -0.25) is 9.69 Å². The van der Waals surface area contributed by atoms with Gasteiger partial charge in [0.2, 0.25) is 0 Å². The van der Waals surface area contributed by atoms with Crippen LogP contribution in [0, 0.1) is 0 Å². The van der Waals surface area contributed by atoms with Crippen LogP contribution in [0.1, 0.15) is 51.3 Å². The van der Waals surface area contributed by atoms with Gasteiger partial charge in [0.15, 0.2) is 0 Å². The molecule has 1 heterocycles. The summed E-state index contributed by atoms with van der Waals surface area (Å²) in [5.41, 5.74) is 1.25. The third-order valence-electron chi connectivity index (χ3n) is 3.85. The van der Waals surface area contributed by atoms with Gasteiger partial charge in [0.05, 0.1) is 12.0 Å². The number of aromatic nitrogens is 2. The molecule has 4 nitrogen and oxygen atoms in total. The number of carbonyl (C=O) groups excluding carboxylic acids is 1. The zero-order valence-corrected chi connectivity index (χ0v) is 11.6. The van der Waals surface area contributed by atoms with Crippen LogP contribution in [0.15, 0.2) is 12.5 Å². The molecule has 1 aliphatic rings. The number of ketones is 1. The average molecular weight is 249 g/mol. The average Bonchev–Trinajstić information content (AvgIpc) is 2.78. The number of Topliss-reactive ketones (excluding diaryl/α,β-unsaturated/α-hetero) is 1. The minimum atomic E-state index is 0.423. The highest BCUT2D eigenvalue weighted by molar-refractivity contribution is 5.79. The molecule has 0 N–H and O–H groups in total. The number of rotatable bonds is 4. The first-order valence-corrected chi connectivity index (χ1v) is 6.80. The van der Waals surface area contributed by atoms with Crippen LogP contribution >= 0.6 is 0 Å². The molecule has 0 amide bonds. The predicted octanol–water partition coefficient (Wildman–Crippen LogP) is 2.41. The molecule has 0 atom stereocenters. The van der Waals surface area contributed by atoms with Crippen LogP contribution in [0.4, 0.5) is 0 Å². The first-order valence-electron chi connectivity index (χ1n) is 6.80. The smallest absolute Gasteiger partial charge is 0.133 e. The second kappa shape index (κ2) is 5.65. The van der Waals surface area contributed by atoms with Crippen molar-refractivity contribution in [2.45, 2.75) is 58.2 Å². The van der Waals surface area contributed by atoms with Gasteiger partial charge in [-0.15, -0.1) is 0 Å². The van der Waals surface area contributed by atoms with E-state index in [1.54, 1.807) is 0 Å². The Morgan fingerprint density at radius 1 is 1.44 bits per heavy atom. The highest BCUT2D eigenvalue weighted by atomic mass is 16.1. The first-order chi connectivity index (χ1) is 8.58. The number of hydrogen-bond acceptors (Lipinski definition) is 3. The lowest BCUT2D eigenvalue weighted by Crippen LogP contribution is -2.35. The van der Waals surface area contributed by atoms with Crippen molar-refractivity contribution in [1.82, 2.24) is 14.5 Å². The van der Waals surface area contributed by atoms with Gasteiger partial charge in [0.25, 0.3) is 0 Å². The maximum Gasteiger partial charge on any atom is 0.133 e. The summed E-state index contributed by atoms with van der Waals surface area (Å²) < 4.78 is 2.21. The van der Waals surface area contributed by atoms with Crippen molar-refractivity contribution in [2.75, 3.05) is 7.05 Å². The molecule has 0 aliphatic heterocycles. The van der Waals surface area contributed by atoms with Crippen LogP contribution in [0.25, 0.3) is 0 Å². The van der Waals surface area contributed by atoms with Crippen molar-refractivity contribution in [3.8, 4) is 0 Å². The van der Waals surface area contributed by atoms with Gasteiger partial charge in [-0.2, -0.15) is 0 Å². The van der Waals surface area contributed by atoms with Crippen LogP contribution in [0.5, 0.6) is 0 Å². The molecule has 0 bridgehead atoms. The Hall–Kier alpha value is -1.16. The van der Waals surface area contributed by atoms with E-state index >= 15 is 0 Å². The quantitative estimate of drug-likeness (QED) is 0.822. The van der Waals surface area contributed by atoms with Gasteiger partial charge < -0.3 is 4.57 Å². The summed E-state index contributed by atoms with van der Waals surface area (Å²) >= 11 is 0. The summed E-state index contributed by atoms with van der Waals surface area (Å²) in [6.45, 7) is 5.26. The number of carbonyl (C=O) groups is 1. The van der Waals surface area contributed by atoms with Crippen molar-refractivity contribution < 1.29 is 4.79 Å². The molecule has 18 heavy (non-hydrogen) atoms. The zero-order valence-electron chi connectivity index (χ0n) is 11.6. The van der Waals surface area contributed by atoms with Crippen LogP contribution in [0.2, 0.25) is 0 Å². The van der Waals surface area contributed by atoms with Gasteiger partial charge in [0.1, 0.15) is 5.78 Å². The summed E-state index contributed by atoms with van der Waals surface area (Å²) in [4.78, 5) is 17.9. The minimum absolute atomic E-state index is 0.423. The van der Waals surface area contributed by atoms with E-state index < -0.39 is 0 Å². The number of hydrogen-bond donors (Lipinski definition) is 0. The summed E-state index contributed by atoms with van der Waals surface area (Å²) in [6.07, 6.45) is 7.36. The lowest BCUT2D eigenvalue weighted by molar-refractivity contribution is -0.121. The Balaban J connectivity index is 1.96. The van der Waals surface area contributed by atoms with Crippen LogP contribution in [-0.4, -0.2) is 33.3 Å². The molecule has 1 aliphatic carbocycles. The monoisotopic (exact) mass is 249 g/mol. The first kappa shape index (κ1) is 13.3. The molecule has 0 radical (unpaired) electrons. The van der Waals surface area contributed by atoms with Crippen molar-refractivity contribution in [3.05, 3.63) is 18.2 Å². The molecule has 1 fully saturated rings. The van der Waals surface area contributed by atoms with E-state index in [0.29, 0.717) is 17.9 Å². The van der Waals surface area contributed by atoms with Crippen molar-refractivity contribution in [1.29, 1.82) is 0 Å². The Kier molecular flexibility index (Phi) is 4.17. The van der Waals surface area contributed by atoms with Crippen LogP contribution in [-0.2, 0) is 11.3 Å². The molecule has 4 heteroatoms. The van der Waals surface area contributed by atoms with E-state index in [1.165, 1.54) is 5.69 Å². The normalized spacial score (nSPS) is 17.9.